The number of likely N-dealkylation sites (tertiary alicyclic amines) is 1. The predicted molar refractivity (Wildman–Crippen MR) is 182 cm³/mol. The van der Waals surface area contributed by atoms with E-state index in [2.05, 4.69) is 4.72 Å². The second-order valence-electron chi connectivity index (χ2n) is 13.4. The van der Waals surface area contributed by atoms with Gasteiger partial charge in [-0.2, -0.15) is 13.5 Å². The van der Waals surface area contributed by atoms with Crippen LogP contribution in [0.2, 0.25) is 5.02 Å². The Kier molecular flexibility index (Phi) is 8.95. The van der Waals surface area contributed by atoms with Gasteiger partial charge in [0.25, 0.3) is 5.92 Å². The van der Waals surface area contributed by atoms with Crippen LogP contribution in [0.25, 0.3) is 21.9 Å². The van der Waals surface area contributed by atoms with Crippen LogP contribution in [-0.2, 0) is 20.7 Å². The number of alkyl halides is 2. The molecule has 2 saturated carbocycles. The van der Waals surface area contributed by atoms with Crippen molar-refractivity contribution in [2.45, 2.75) is 67.5 Å². The first-order chi connectivity index (χ1) is 23.0. The molecule has 3 fully saturated rings. The Bertz CT molecular complexity index is 1900. The number of amides is 1. The number of nitrogens with one attached hydrogen (secondary N) is 1. The lowest BCUT2D eigenvalue weighted by Crippen LogP contribution is -2.60. The number of piperidine rings is 1. The number of rotatable bonds is 9. The fraction of sp³-hybridized carbons (Fsp3) is 0.378. The third kappa shape index (κ3) is 6.55. The Balaban J connectivity index is 1.18. The third-order valence-corrected chi connectivity index (χ3v) is 11.9. The van der Waals surface area contributed by atoms with Gasteiger partial charge in [-0.1, -0.05) is 60.1 Å². The molecule has 4 aromatic carbocycles. The quantitative estimate of drug-likeness (QED) is 0.195. The maximum absolute atomic E-state index is 16.6. The van der Waals surface area contributed by atoms with Crippen LogP contribution in [0.4, 0.5) is 8.78 Å². The van der Waals surface area contributed by atoms with Crippen LogP contribution in [0.1, 0.15) is 44.1 Å². The lowest BCUT2D eigenvalue weighted by molar-refractivity contribution is -0.146. The highest BCUT2D eigenvalue weighted by Gasteiger charge is 2.52. The topological polar surface area (TPSA) is 102 Å². The lowest BCUT2D eigenvalue weighted by Gasteiger charge is -2.39. The first-order valence-corrected chi connectivity index (χ1v) is 18.4. The van der Waals surface area contributed by atoms with E-state index in [-0.39, 0.29) is 42.0 Å². The number of nitrogens with zero attached hydrogens (tertiary/aromatic N) is 1. The maximum Gasteiger partial charge on any atom is 0.298 e. The average molecular weight is 694 g/mol. The molecule has 3 N–H and O–H groups in total. The Morgan fingerprint density at radius 3 is 2.08 bits per heavy atom. The molecule has 11 heteroatoms. The number of benzene rings is 4. The molecule has 1 amide bonds. The van der Waals surface area contributed by atoms with E-state index < -0.39 is 33.5 Å². The molecule has 48 heavy (non-hydrogen) atoms. The van der Waals surface area contributed by atoms with Crippen molar-refractivity contribution >= 4 is 38.3 Å². The van der Waals surface area contributed by atoms with E-state index in [0.717, 1.165) is 49.5 Å². The standard InChI is InChI=1S/C37H38ClF2N3O4S/c38-30-15-9-24(10-16-30)23-7-13-29(14-8-23)37(39,40)35(36(44)43-21-27-5-6-28(22-43)34(27)41)42-48(45,46)33-18-12-25-19-32(17-11-26(25)20-33)47-31-3-1-2-4-31/h7-20,27-28,31,34-35,42H,1-6,21-22,41H2/t27-,28+,34-,35-/m1/s1. The van der Waals surface area contributed by atoms with Crippen molar-refractivity contribution in [1.29, 1.82) is 0 Å². The van der Waals surface area contributed by atoms with Gasteiger partial charge in [-0.25, -0.2) is 8.42 Å². The van der Waals surface area contributed by atoms with E-state index in [1.165, 1.54) is 41.3 Å². The van der Waals surface area contributed by atoms with Gasteiger partial charge in [-0.05, 0) is 109 Å². The van der Waals surface area contributed by atoms with Gasteiger partial charge in [-0.15, -0.1) is 0 Å². The van der Waals surface area contributed by atoms with Gasteiger partial charge in [-0.3, -0.25) is 4.79 Å². The molecule has 2 aliphatic carbocycles. The number of carbonyl (C=O) groups is 1. The summed E-state index contributed by atoms with van der Waals surface area (Å²) in [6, 6.07) is 19.8. The van der Waals surface area contributed by atoms with E-state index in [1.807, 2.05) is 6.07 Å². The van der Waals surface area contributed by atoms with Crippen molar-refractivity contribution in [3.05, 3.63) is 95.5 Å². The van der Waals surface area contributed by atoms with Crippen LogP contribution >= 0.6 is 11.6 Å². The number of sulfonamides is 1. The Morgan fingerprint density at radius 2 is 1.44 bits per heavy atom. The third-order valence-electron chi connectivity index (χ3n) is 10.2. The molecule has 4 aromatic rings. The molecule has 7 nitrogen and oxygen atoms in total. The minimum Gasteiger partial charge on any atom is -0.490 e. The molecular weight excluding hydrogens is 656 g/mol. The zero-order chi connectivity index (χ0) is 33.6. The van der Waals surface area contributed by atoms with Gasteiger partial charge < -0.3 is 15.4 Å². The largest absolute Gasteiger partial charge is 0.490 e. The molecule has 0 radical (unpaired) electrons. The van der Waals surface area contributed by atoms with Crippen LogP contribution in [0, 0.1) is 11.8 Å². The molecule has 2 bridgehead atoms. The molecule has 0 spiro atoms. The van der Waals surface area contributed by atoms with Gasteiger partial charge in [0.2, 0.25) is 15.9 Å². The van der Waals surface area contributed by atoms with Crippen molar-refractivity contribution in [2.24, 2.45) is 17.6 Å². The Hall–Kier alpha value is -3.57. The average Bonchev–Trinajstić information content (AvgIpc) is 3.65. The summed E-state index contributed by atoms with van der Waals surface area (Å²) in [6.45, 7) is 0.420. The smallest absolute Gasteiger partial charge is 0.298 e. The van der Waals surface area contributed by atoms with E-state index in [4.69, 9.17) is 22.1 Å². The van der Waals surface area contributed by atoms with Crippen molar-refractivity contribution < 1.29 is 26.7 Å². The van der Waals surface area contributed by atoms with Crippen molar-refractivity contribution in [1.82, 2.24) is 9.62 Å². The summed E-state index contributed by atoms with van der Waals surface area (Å²) in [7, 11) is -4.58. The Labute approximate surface area is 284 Å². The number of fused-ring (bicyclic) bond motifs is 3. The summed E-state index contributed by atoms with van der Waals surface area (Å²) in [6.07, 6.45) is 6.05. The summed E-state index contributed by atoms with van der Waals surface area (Å²) in [5, 5.41) is 1.90. The highest BCUT2D eigenvalue weighted by Crippen LogP contribution is 2.39. The first kappa shape index (κ1) is 33.0. The molecule has 0 aromatic heterocycles. The van der Waals surface area contributed by atoms with Crippen LogP contribution in [-0.4, -0.2) is 50.5 Å². The monoisotopic (exact) mass is 693 g/mol. The van der Waals surface area contributed by atoms with E-state index in [1.54, 1.807) is 42.5 Å². The summed E-state index contributed by atoms with van der Waals surface area (Å²) >= 11 is 6.00. The summed E-state index contributed by atoms with van der Waals surface area (Å²) in [5.41, 5.74) is 7.29. The molecule has 4 atom stereocenters. The summed E-state index contributed by atoms with van der Waals surface area (Å²) in [5.74, 6) is -4.18. The molecule has 1 aliphatic heterocycles. The van der Waals surface area contributed by atoms with Crippen molar-refractivity contribution in [3.63, 3.8) is 0 Å². The first-order valence-electron chi connectivity index (χ1n) is 16.5. The summed E-state index contributed by atoms with van der Waals surface area (Å²) < 4.78 is 69.1. The highest BCUT2D eigenvalue weighted by atomic mass is 35.5. The fourth-order valence-corrected chi connectivity index (χ4v) is 8.82. The molecule has 7 rings (SSSR count). The number of ether oxygens (including phenoxy) is 1. The van der Waals surface area contributed by atoms with Gasteiger partial charge in [0.15, 0.2) is 6.04 Å². The van der Waals surface area contributed by atoms with Gasteiger partial charge in [0.05, 0.1) is 11.0 Å². The Morgan fingerprint density at radius 1 is 0.854 bits per heavy atom. The van der Waals surface area contributed by atoms with Crippen LogP contribution in [0.5, 0.6) is 5.75 Å². The molecule has 252 valence electrons. The van der Waals surface area contributed by atoms with E-state index in [9.17, 15) is 13.2 Å². The molecule has 3 aliphatic rings. The highest BCUT2D eigenvalue weighted by molar-refractivity contribution is 7.89. The van der Waals surface area contributed by atoms with Crippen LogP contribution in [0.15, 0.2) is 89.8 Å². The fourth-order valence-electron chi connectivity index (χ4n) is 7.46. The number of nitrogens with two attached hydrogens (primary N) is 1. The van der Waals surface area contributed by atoms with Gasteiger partial charge in [0.1, 0.15) is 5.75 Å². The second kappa shape index (κ2) is 13.0. The normalized spacial score (nSPS) is 22.2. The maximum atomic E-state index is 16.6. The van der Waals surface area contributed by atoms with Crippen molar-refractivity contribution in [3.8, 4) is 16.9 Å². The minimum absolute atomic E-state index is 0.0136. The number of halogens is 3. The number of carbonyl (C=O) groups excluding carboxylic acids is 1. The minimum atomic E-state index is -4.58. The SMILES string of the molecule is N[C@@H]1[C@@H]2CC[C@H]1CN(C(=O)[C@@H](NS(=O)(=O)c1ccc3cc(OC4CCCC4)ccc3c1)C(F)(F)c1ccc(-c3ccc(Cl)cc3)cc1)C2. The van der Waals surface area contributed by atoms with E-state index >= 15 is 8.78 Å². The zero-order valence-corrected chi connectivity index (χ0v) is 27.9. The second-order valence-corrected chi connectivity index (χ2v) is 15.5. The predicted octanol–water partition coefficient (Wildman–Crippen LogP) is 7.12. The van der Waals surface area contributed by atoms with Crippen LogP contribution < -0.4 is 15.2 Å². The molecule has 1 heterocycles. The lowest BCUT2D eigenvalue weighted by atomic mass is 9.91. The number of hydrogen-bond donors (Lipinski definition) is 2. The zero-order valence-electron chi connectivity index (χ0n) is 26.3. The van der Waals surface area contributed by atoms with Gasteiger partial charge in [0, 0.05) is 29.7 Å². The number of hydrogen-bond acceptors (Lipinski definition) is 5. The molecule has 1 saturated heterocycles. The van der Waals surface area contributed by atoms with E-state index in [0.29, 0.717) is 21.7 Å². The van der Waals surface area contributed by atoms with Crippen LogP contribution in [0.3, 0.4) is 0 Å². The molecular formula is C37H38ClF2N3O4S. The molecule has 0 unspecified atom stereocenters. The van der Waals surface area contributed by atoms with Crippen molar-refractivity contribution in [2.75, 3.05) is 13.1 Å². The van der Waals surface area contributed by atoms with Gasteiger partial charge >= 0.3 is 0 Å². The summed E-state index contributed by atoms with van der Waals surface area (Å²) in [4.78, 5) is 15.2.